The molecule has 0 amide bonds. The minimum absolute atomic E-state index is 0.473. The first-order chi connectivity index (χ1) is 9.78. The molecule has 0 aliphatic carbocycles. The molecule has 1 radical (unpaired) electrons. The number of halogens is 1. The SMILES string of the molecule is NCc1cccc(-c2n[c]sc2-c2ccnc(F)c2)c1. The summed E-state index contributed by atoms with van der Waals surface area (Å²) in [5, 5.41) is 0. The Labute approximate surface area is 119 Å². The summed E-state index contributed by atoms with van der Waals surface area (Å²) in [5.74, 6) is -0.502. The minimum atomic E-state index is -0.502. The van der Waals surface area contributed by atoms with Crippen molar-refractivity contribution in [3.8, 4) is 21.7 Å². The molecule has 0 bridgehead atoms. The van der Waals surface area contributed by atoms with Gasteiger partial charge in [0.15, 0.2) is 5.51 Å². The van der Waals surface area contributed by atoms with Gasteiger partial charge in [-0.3, -0.25) is 0 Å². The zero-order valence-corrected chi connectivity index (χ0v) is 11.3. The molecule has 2 N–H and O–H groups in total. The van der Waals surface area contributed by atoms with Crippen LogP contribution < -0.4 is 5.73 Å². The quantitative estimate of drug-likeness (QED) is 0.751. The molecule has 0 aliphatic rings. The number of hydrogen-bond acceptors (Lipinski definition) is 4. The van der Waals surface area contributed by atoms with Gasteiger partial charge >= 0.3 is 0 Å². The van der Waals surface area contributed by atoms with Crippen molar-refractivity contribution in [2.45, 2.75) is 6.54 Å². The van der Waals surface area contributed by atoms with Crippen LogP contribution in [0.3, 0.4) is 0 Å². The van der Waals surface area contributed by atoms with Gasteiger partial charge in [-0.25, -0.2) is 9.97 Å². The highest BCUT2D eigenvalue weighted by Gasteiger charge is 2.12. The van der Waals surface area contributed by atoms with E-state index in [4.69, 9.17) is 5.73 Å². The Bertz CT molecular complexity index is 739. The van der Waals surface area contributed by atoms with Gasteiger partial charge < -0.3 is 5.73 Å². The second kappa shape index (κ2) is 5.48. The predicted molar refractivity (Wildman–Crippen MR) is 77.5 cm³/mol. The van der Waals surface area contributed by atoms with Crippen molar-refractivity contribution in [1.29, 1.82) is 0 Å². The maximum atomic E-state index is 13.3. The number of hydrogen-bond donors (Lipinski definition) is 1. The second-order valence-corrected chi connectivity index (χ2v) is 5.05. The van der Waals surface area contributed by atoms with E-state index >= 15 is 0 Å². The van der Waals surface area contributed by atoms with E-state index < -0.39 is 5.95 Å². The third-order valence-corrected chi connectivity index (χ3v) is 3.76. The highest BCUT2D eigenvalue weighted by atomic mass is 32.1. The Kier molecular flexibility index (Phi) is 3.54. The van der Waals surface area contributed by atoms with E-state index in [1.54, 1.807) is 6.07 Å². The first-order valence-electron chi connectivity index (χ1n) is 6.06. The number of nitrogens with two attached hydrogens (primary N) is 1. The summed E-state index contributed by atoms with van der Waals surface area (Å²) in [7, 11) is 0. The lowest BCUT2D eigenvalue weighted by Gasteiger charge is -2.04. The van der Waals surface area contributed by atoms with E-state index in [1.165, 1.54) is 23.6 Å². The van der Waals surface area contributed by atoms with Gasteiger partial charge in [0.25, 0.3) is 0 Å². The fraction of sp³-hybridized carbons (Fsp3) is 0.0667. The highest BCUT2D eigenvalue weighted by Crippen LogP contribution is 2.34. The van der Waals surface area contributed by atoms with Crippen LogP contribution in [-0.2, 0) is 6.54 Å². The van der Waals surface area contributed by atoms with Crippen molar-refractivity contribution in [2.75, 3.05) is 0 Å². The zero-order chi connectivity index (χ0) is 13.9. The molecule has 0 saturated carbocycles. The molecular formula is C15H11FN3S. The molecule has 0 unspecified atom stereocenters. The van der Waals surface area contributed by atoms with Crippen LogP contribution in [0, 0.1) is 11.5 Å². The number of nitrogens with zero attached hydrogens (tertiary/aromatic N) is 2. The molecule has 1 aromatic carbocycles. The van der Waals surface area contributed by atoms with Crippen LogP contribution in [0.5, 0.6) is 0 Å². The normalized spacial score (nSPS) is 10.7. The van der Waals surface area contributed by atoms with Crippen molar-refractivity contribution in [3.05, 3.63) is 59.6 Å². The molecule has 3 aromatic rings. The maximum Gasteiger partial charge on any atom is 0.213 e. The number of pyridine rings is 1. The third kappa shape index (κ3) is 2.45. The largest absolute Gasteiger partial charge is 0.326 e. The molecule has 20 heavy (non-hydrogen) atoms. The van der Waals surface area contributed by atoms with Crippen LogP contribution in [0.25, 0.3) is 21.7 Å². The summed E-state index contributed by atoms with van der Waals surface area (Å²) in [6, 6.07) is 11.0. The molecule has 0 spiro atoms. The molecule has 0 aliphatic heterocycles. The van der Waals surface area contributed by atoms with Crippen molar-refractivity contribution < 1.29 is 4.39 Å². The molecule has 0 atom stereocenters. The molecule has 5 heteroatoms. The van der Waals surface area contributed by atoms with Crippen LogP contribution >= 0.6 is 11.3 Å². The molecule has 0 fully saturated rings. The highest BCUT2D eigenvalue weighted by molar-refractivity contribution is 7.13. The van der Waals surface area contributed by atoms with Gasteiger partial charge in [-0.2, -0.15) is 4.39 Å². The smallest absolute Gasteiger partial charge is 0.213 e. The Morgan fingerprint density at radius 3 is 2.90 bits per heavy atom. The minimum Gasteiger partial charge on any atom is -0.326 e. The molecule has 3 nitrogen and oxygen atoms in total. The monoisotopic (exact) mass is 284 g/mol. The maximum absolute atomic E-state index is 13.3. The van der Waals surface area contributed by atoms with E-state index in [0.717, 1.165) is 27.3 Å². The van der Waals surface area contributed by atoms with Gasteiger partial charge in [0.05, 0.1) is 10.6 Å². The van der Waals surface area contributed by atoms with Gasteiger partial charge in [0.2, 0.25) is 5.95 Å². The van der Waals surface area contributed by atoms with Crippen LogP contribution in [0.2, 0.25) is 0 Å². The summed E-state index contributed by atoms with van der Waals surface area (Å²) >= 11 is 1.36. The van der Waals surface area contributed by atoms with Gasteiger partial charge in [-0.05, 0) is 23.3 Å². The molecule has 99 valence electrons. The fourth-order valence-corrected chi connectivity index (χ4v) is 2.73. The average Bonchev–Trinajstić information content (AvgIpc) is 2.97. The van der Waals surface area contributed by atoms with Gasteiger partial charge in [-0.15, -0.1) is 11.3 Å². The summed E-state index contributed by atoms with van der Waals surface area (Å²) in [5.41, 5.74) is 12.1. The number of rotatable bonds is 3. The molecule has 2 aromatic heterocycles. The van der Waals surface area contributed by atoms with Gasteiger partial charge in [-0.1, -0.05) is 18.2 Å². The number of thiazole rings is 1. The second-order valence-electron chi connectivity index (χ2n) is 4.25. The number of aromatic nitrogens is 2. The van der Waals surface area contributed by atoms with E-state index in [2.05, 4.69) is 15.5 Å². The topological polar surface area (TPSA) is 51.8 Å². The van der Waals surface area contributed by atoms with Crippen LogP contribution in [0.4, 0.5) is 4.39 Å². The van der Waals surface area contributed by atoms with Crippen LogP contribution in [-0.4, -0.2) is 9.97 Å². The van der Waals surface area contributed by atoms with Crippen molar-refractivity contribution in [1.82, 2.24) is 9.97 Å². The fourth-order valence-electron chi connectivity index (χ4n) is 1.99. The van der Waals surface area contributed by atoms with E-state index in [1.807, 2.05) is 24.3 Å². The number of benzene rings is 1. The molecule has 3 rings (SSSR count). The Balaban J connectivity index is 2.10. The van der Waals surface area contributed by atoms with Crippen LogP contribution in [0.1, 0.15) is 5.56 Å². The predicted octanol–water partition coefficient (Wildman–Crippen LogP) is 3.27. The Morgan fingerprint density at radius 2 is 2.10 bits per heavy atom. The first-order valence-corrected chi connectivity index (χ1v) is 6.88. The summed E-state index contributed by atoms with van der Waals surface area (Å²) in [6.45, 7) is 0.473. The summed E-state index contributed by atoms with van der Waals surface area (Å²) in [6.07, 6.45) is 1.45. The standard InChI is InChI=1S/C15H11FN3S/c16-13-7-12(4-5-18-13)15-14(19-9-20-15)11-3-1-2-10(6-11)8-17/h1-7H,8,17H2. The zero-order valence-electron chi connectivity index (χ0n) is 10.5. The van der Waals surface area contributed by atoms with E-state index in [-0.39, 0.29) is 0 Å². The van der Waals surface area contributed by atoms with Crippen molar-refractivity contribution in [2.24, 2.45) is 5.73 Å². The van der Waals surface area contributed by atoms with E-state index in [9.17, 15) is 4.39 Å². The summed E-state index contributed by atoms with van der Waals surface area (Å²) in [4.78, 5) is 8.72. The average molecular weight is 284 g/mol. The van der Waals surface area contributed by atoms with Gasteiger partial charge in [0.1, 0.15) is 0 Å². The lowest BCUT2D eigenvalue weighted by molar-refractivity contribution is 0.584. The molecular weight excluding hydrogens is 273 g/mol. The lowest BCUT2D eigenvalue weighted by atomic mass is 10.1. The molecule has 0 saturated heterocycles. The van der Waals surface area contributed by atoms with E-state index in [0.29, 0.717) is 6.54 Å². The Hall–Kier alpha value is -2.11. The Morgan fingerprint density at radius 1 is 1.20 bits per heavy atom. The van der Waals surface area contributed by atoms with Crippen molar-refractivity contribution >= 4 is 11.3 Å². The van der Waals surface area contributed by atoms with Gasteiger partial charge in [0, 0.05) is 24.4 Å². The third-order valence-electron chi connectivity index (χ3n) is 2.95. The summed E-state index contributed by atoms with van der Waals surface area (Å²) < 4.78 is 13.3. The first kappa shape index (κ1) is 12.9. The van der Waals surface area contributed by atoms with Crippen molar-refractivity contribution in [3.63, 3.8) is 0 Å². The lowest BCUT2D eigenvalue weighted by Crippen LogP contribution is -1.96. The molecule has 2 heterocycles. The van der Waals surface area contributed by atoms with Crippen LogP contribution in [0.15, 0.2) is 42.6 Å².